The van der Waals surface area contributed by atoms with Crippen molar-refractivity contribution in [2.75, 3.05) is 6.54 Å². The van der Waals surface area contributed by atoms with Crippen LogP contribution in [0.1, 0.15) is 33.1 Å². The molecule has 2 amide bonds. The number of amides is 2. The molecule has 4 atom stereocenters. The molecule has 104 valence electrons. The van der Waals surface area contributed by atoms with Crippen molar-refractivity contribution >= 4 is 11.8 Å². The molecule has 4 heteroatoms. The number of likely N-dealkylation sites (tertiary alicyclic amines) is 1. The molecule has 0 aromatic heterocycles. The Balaban J connectivity index is 1.98. The van der Waals surface area contributed by atoms with Gasteiger partial charge in [0.1, 0.15) is 0 Å². The maximum atomic E-state index is 12.7. The van der Waals surface area contributed by atoms with Crippen molar-refractivity contribution in [1.29, 1.82) is 0 Å². The summed E-state index contributed by atoms with van der Waals surface area (Å²) in [6.07, 6.45) is 6.71. The standard InChI is InChI=1S/C15H22N2O2/c1-3-15(4-2,8-16)17-13(18)11-9-5-6-10(7-9)12(11)14(17)19/h5-6,9-12H,3-4,7-8,16H2,1-2H3. The van der Waals surface area contributed by atoms with Gasteiger partial charge in [0.2, 0.25) is 11.8 Å². The van der Waals surface area contributed by atoms with Gasteiger partial charge in [0.15, 0.2) is 0 Å². The largest absolute Gasteiger partial charge is 0.328 e. The second kappa shape index (κ2) is 4.17. The van der Waals surface area contributed by atoms with Crippen LogP contribution in [0.15, 0.2) is 12.2 Å². The lowest BCUT2D eigenvalue weighted by Crippen LogP contribution is -2.56. The van der Waals surface area contributed by atoms with E-state index in [2.05, 4.69) is 12.2 Å². The number of carbonyl (C=O) groups excluding carboxylic acids is 2. The number of hydrogen-bond acceptors (Lipinski definition) is 3. The summed E-state index contributed by atoms with van der Waals surface area (Å²) in [4.78, 5) is 27.0. The van der Waals surface area contributed by atoms with Crippen molar-refractivity contribution in [3.05, 3.63) is 12.2 Å². The minimum absolute atomic E-state index is 0.0287. The third-order valence-corrected chi connectivity index (χ3v) is 5.64. The van der Waals surface area contributed by atoms with E-state index in [0.717, 1.165) is 19.3 Å². The van der Waals surface area contributed by atoms with Crippen LogP contribution in [0, 0.1) is 23.7 Å². The number of allylic oxidation sites excluding steroid dienone is 2. The fraction of sp³-hybridized carbons (Fsp3) is 0.733. The van der Waals surface area contributed by atoms with Crippen LogP contribution >= 0.6 is 0 Å². The van der Waals surface area contributed by atoms with Crippen LogP contribution in [-0.2, 0) is 9.59 Å². The number of nitrogens with zero attached hydrogens (tertiary/aromatic N) is 1. The molecule has 1 heterocycles. The lowest BCUT2D eigenvalue weighted by molar-refractivity contribution is -0.148. The monoisotopic (exact) mass is 262 g/mol. The molecule has 19 heavy (non-hydrogen) atoms. The second-order valence-electron chi connectivity index (χ2n) is 6.15. The summed E-state index contributed by atoms with van der Waals surface area (Å²) in [5.41, 5.74) is 5.43. The van der Waals surface area contributed by atoms with Gasteiger partial charge in [-0.3, -0.25) is 14.5 Å². The number of rotatable bonds is 4. The minimum atomic E-state index is -0.474. The Hall–Kier alpha value is -1.16. The van der Waals surface area contributed by atoms with Crippen LogP contribution in [-0.4, -0.2) is 28.8 Å². The molecule has 4 nitrogen and oxygen atoms in total. The van der Waals surface area contributed by atoms with Gasteiger partial charge in [0, 0.05) is 6.54 Å². The van der Waals surface area contributed by atoms with Gasteiger partial charge in [-0.2, -0.15) is 0 Å². The normalized spacial score (nSPS) is 36.5. The first kappa shape index (κ1) is 12.9. The molecule has 2 N–H and O–H groups in total. The zero-order chi connectivity index (χ0) is 13.8. The maximum absolute atomic E-state index is 12.7. The Labute approximate surface area is 114 Å². The van der Waals surface area contributed by atoms with E-state index in [9.17, 15) is 9.59 Å². The smallest absolute Gasteiger partial charge is 0.234 e. The summed E-state index contributed by atoms with van der Waals surface area (Å²) in [6.45, 7) is 4.38. The van der Waals surface area contributed by atoms with Crippen LogP contribution in [0.3, 0.4) is 0 Å². The molecule has 3 aliphatic rings. The van der Waals surface area contributed by atoms with Crippen molar-refractivity contribution in [3.63, 3.8) is 0 Å². The lowest BCUT2D eigenvalue weighted by Gasteiger charge is -2.39. The predicted molar refractivity (Wildman–Crippen MR) is 71.9 cm³/mol. The Bertz CT molecular complexity index is 415. The summed E-state index contributed by atoms with van der Waals surface area (Å²) in [7, 11) is 0. The first-order valence-electron chi connectivity index (χ1n) is 7.36. The van der Waals surface area contributed by atoms with Gasteiger partial charge in [0.05, 0.1) is 17.4 Å². The molecule has 0 aromatic carbocycles. The van der Waals surface area contributed by atoms with Crippen molar-refractivity contribution in [2.24, 2.45) is 29.4 Å². The molecule has 2 aliphatic carbocycles. The molecule has 2 fully saturated rings. The Kier molecular flexibility index (Phi) is 2.82. The second-order valence-corrected chi connectivity index (χ2v) is 6.15. The average molecular weight is 262 g/mol. The number of nitrogens with two attached hydrogens (primary N) is 1. The summed E-state index contributed by atoms with van der Waals surface area (Å²) >= 11 is 0. The molecule has 2 bridgehead atoms. The maximum Gasteiger partial charge on any atom is 0.234 e. The zero-order valence-corrected chi connectivity index (χ0v) is 11.6. The highest BCUT2D eigenvalue weighted by Gasteiger charge is 2.62. The van der Waals surface area contributed by atoms with Crippen molar-refractivity contribution < 1.29 is 9.59 Å². The third-order valence-electron chi connectivity index (χ3n) is 5.64. The summed E-state index contributed by atoms with van der Waals surface area (Å²) < 4.78 is 0. The van der Waals surface area contributed by atoms with E-state index in [0.29, 0.717) is 6.54 Å². The third kappa shape index (κ3) is 1.43. The van der Waals surface area contributed by atoms with E-state index in [1.165, 1.54) is 4.90 Å². The minimum Gasteiger partial charge on any atom is -0.328 e. The van der Waals surface area contributed by atoms with Gasteiger partial charge in [0.25, 0.3) is 0 Å². The molecule has 4 unspecified atom stereocenters. The Morgan fingerprint density at radius 2 is 1.63 bits per heavy atom. The van der Waals surface area contributed by atoms with Gasteiger partial charge in [-0.1, -0.05) is 26.0 Å². The van der Waals surface area contributed by atoms with Crippen LogP contribution in [0.4, 0.5) is 0 Å². The fourth-order valence-electron chi connectivity index (χ4n) is 4.32. The molecule has 1 saturated heterocycles. The Morgan fingerprint density at radius 3 is 2.00 bits per heavy atom. The number of hydrogen-bond donors (Lipinski definition) is 1. The number of carbonyl (C=O) groups is 2. The molecule has 1 aliphatic heterocycles. The lowest BCUT2D eigenvalue weighted by atomic mass is 9.85. The topological polar surface area (TPSA) is 63.4 Å². The molecule has 0 spiro atoms. The van der Waals surface area contributed by atoms with Gasteiger partial charge < -0.3 is 5.73 Å². The van der Waals surface area contributed by atoms with Gasteiger partial charge in [-0.25, -0.2) is 0 Å². The van der Waals surface area contributed by atoms with E-state index in [4.69, 9.17) is 5.73 Å². The number of fused-ring (bicyclic) bond motifs is 5. The van der Waals surface area contributed by atoms with Crippen LogP contribution in [0.5, 0.6) is 0 Å². The molecule has 1 saturated carbocycles. The molecular weight excluding hydrogens is 240 g/mol. The Morgan fingerprint density at radius 1 is 1.16 bits per heavy atom. The molecular formula is C15H22N2O2. The van der Waals surface area contributed by atoms with E-state index < -0.39 is 5.54 Å². The highest BCUT2D eigenvalue weighted by Crippen LogP contribution is 2.54. The van der Waals surface area contributed by atoms with Crippen LogP contribution in [0.2, 0.25) is 0 Å². The highest BCUT2D eigenvalue weighted by molar-refractivity contribution is 6.07. The zero-order valence-electron chi connectivity index (χ0n) is 11.6. The van der Waals surface area contributed by atoms with E-state index >= 15 is 0 Å². The van der Waals surface area contributed by atoms with Crippen molar-refractivity contribution in [2.45, 2.75) is 38.6 Å². The fourth-order valence-corrected chi connectivity index (χ4v) is 4.32. The van der Waals surface area contributed by atoms with Gasteiger partial charge >= 0.3 is 0 Å². The first-order chi connectivity index (χ1) is 9.09. The van der Waals surface area contributed by atoms with Gasteiger partial charge in [-0.15, -0.1) is 0 Å². The van der Waals surface area contributed by atoms with Gasteiger partial charge in [-0.05, 0) is 31.1 Å². The molecule has 0 radical (unpaired) electrons. The quantitative estimate of drug-likeness (QED) is 0.614. The first-order valence-corrected chi connectivity index (χ1v) is 7.36. The van der Waals surface area contributed by atoms with Crippen molar-refractivity contribution in [1.82, 2.24) is 4.90 Å². The SMILES string of the molecule is CCC(CC)(CN)N1C(=O)C2C3C=CC(C3)C2C1=O. The average Bonchev–Trinajstić information content (AvgIpc) is 3.09. The van der Waals surface area contributed by atoms with E-state index in [1.807, 2.05) is 13.8 Å². The highest BCUT2D eigenvalue weighted by atomic mass is 16.2. The van der Waals surface area contributed by atoms with Crippen LogP contribution < -0.4 is 5.73 Å². The van der Waals surface area contributed by atoms with Crippen molar-refractivity contribution in [3.8, 4) is 0 Å². The number of imide groups is 1. The van der Waals surface area contributed by atoms with E-state index in [1.54, 1.807) is 0 Å². The molecule has 0 aromatic rings. The summed E-state index contributed by atoms with van der Waals surface area (Å²) in [6, 6.07) is 0. The summed E-state index contributed by atoms with van der Waals surface area (Å²) in [5.74, 6) is 0.404. The van der Waals surface area contributed by atoms with Crippen LogP contribution in [0.25, 0.3) is 0 Å². The molecule has 3 rings (SSSR count). The predicted octanol–water partition coefficient (Wildman–Crippen LogP) is 1.31. The van der Waals surface area contributed by atoms with E-state index in [-0.39, 0.29) is 35.5 Å². The summed E-state index contributed by atoms with van der Waals surface area (Å²) in [5, 5.41) is 0.